The van der Waals surface area contributed by atoms with E-state index in [0.29, 0.717) is 6.54 Å². The van der Waals surface area contributed by atoms with Gasteiger partial charge in [-0.05, 0) is 43.9 Å². The zero-order valence-corrected chi connectivity index (χ0v) is 12.2. The van der Waals surface area contributed by atoms with Gasteiger partial charge in [0.1, 0.15) is 0 Å². The van der Waals surface area contributed by atoms with Gasteiger partial charge >= 0.3 is 0 Å². The molecule has 2 rings (SSSR count). The molecule has 1 saturated heterocycles. The second-order valence-corrected chi connectivity index (χ2v) is 7.08. The Labute approximate surface area is 113 Å². The van der Waals surface area contributed by atoms with Gasteiger partial charge in [-0.2, -0.15) is 0 Å². The van der Waals surface area contributed by atoms with Crippen LogP contribution >= 0.6 is 11.3 Å². The summed E-state index contributed by atoms with van der Waals surface area (Å²) in [6, 6.07) is 4.11. The summed E-state index contributed by atoms with van der Waals surface area (Å²) in [7, 11) is 0. The summed E-state index contributed by atoms with van der Waals surface area (Å²) in [6.07, 6.45) is 2.26. The average molecular weight is 266 g/mol. The molecule has 0 bridgehead atoms. The van der Waals surface area contributed by atoms with Crippen LogP contribution in [-0.4, -0.2) is 18.5 Å². The lowest BCUT2D eigenvalue weighted by atomic mass is 9.77. The normalized spacial score (nSPS) is 22.7. The maximum atomic E-state index is 12.2. The predicted molar refractivity (Wildman–Crippen MR) is 75.7 cm³/mol. The smallest absolute Gasteiger partial charge is 0.237 e. The Bertz CT molecular complexity index is 425. The second-order valence-electron chi connectivity index (χ2n) is 5.71. The maximum Gasteiger partial charge on any atom is 0.237 e. The van der Waals surface area contributed by atoms with Crippen LogP contribution in [0, 0.1) is 12.3 Å². The van der Waals surface area contributed by atoms with Gasteiger partial charge in [-0.3, -0.25) is 4.79 Å². The first-order chi connectivity index (χ1) is 8.49. The summed E-state index contributed by atoms with van der Waals surface area (Å²) >= 11 is 1.74. The van der Waals surface area contributed by atoms with Gasteiger partial charge in [-0.25, -0.2) is 0 Å². The highest BCUT2D eigenvalue weighted by atomic mass is 32.1. The van der Waals surface area contributed by atoms with E-state index < -0.39 is 0 Å². The van der Waals surface area contributed by atoms with Crippen molar-refractivity contribution in [1.82, 2.24) is 10.6 Å². The molecule has 1 atom stereocenters. The van der Waals surface area contributed by atoms with Crippen molar-refractivity contribution in [2.45, 2.75) is 46.2 Å². The zero-order valence-electron chi connectivity index (χ0n) is 11.4. The van der Waals surface area contributed by atoms with Gasteiger partial charge in [0.25, 0.3) is 0 Å². The monoisotopic (exact) mass is 266 g/mol. The van der Waals surface area contributed by atoms with Crippen molar-refractivity contribution in [3.05, 3.63) is 21.9 Å². The number of nitrogens with one attached hydrogen (secondary N) is 2. The molecular formula is C14H22N2OS. The molecule has 1 aliphatic rings. The highest BCUT2D eigenvalue weighted by molar-refractivity contribution is 7.11. The van der Waals surface area contributed by atoms with Crippen LogP contribution in [0.1, 0.15) is 36.4 Å². The number of hydrogen-bond donors (Lipinski definition) is 2. The SMILES string of the molecule is Cc1ccc(CNC(=O)C2NCCCC2(C)C)s1. The number of aryl methyl sites for hydroxylation is 1. The van der Waals surface area contributed by atoms with Crippen LogP contribution < -0.4 is 10.6 Å². The van der Waals surface area contributed by atoms with Gasteiger partial charge in [0, 0.05) is 9.75 Å². The molecule has 1 aromatic rings. The number of rotatable bonds is 3. The molecule has 1 aliphatic heterocycles. The van der Waals surface area contributed by atoms with E-state index in [0.717, 1.165) is 19.4 Å². The molecular weight excluding hydrogens is 244 g/mol. The van der Waals surface area contributed by atoms with Gasteiger partial charge in [0.05, 0.1) is 12.6 Å². The lowest BCUT2D eigenvalue weighted by Gasteiger charge is -2.38. The van der Waals surface area contributed by atoms with Gasteiger partial charge < -0.3 is 10.6 Å². The fourth-order valence-electron chi connectivity index (χ4n) is 2.52. The molecule has 0 aliphatic carbocycles. The molecule has 1 fully saturated rings. The molecule has 4 heteroatoms. The fraction of sp³-hybridized carbons (Fsp3) is 0.643. The molecule has 1 aromatic heterocycles. The van der Waals surface area contributed by atoms with Crippen molar-refractivity contribution >= 4 is 17.2 Å². The quantitative estimate of drug-likeness (QED) is 0.882. The van der Waals surface area contributed by atoms with Crippen LogP contribution in [0.25, 0.3) is 0 Å². The first kappa shape index (κ1) is 13.6. The minimum atomic E-state index is -0.0627. The van der Waals surface area contributed by atoms with Crippen LogP contribution in [0.15, 0.2) is 12.1 Å². The summed E-state index contributed by atoms with van der Waals surface area (Å²) in [4.78, 5) is 14.7. The average Bonchev–Trinajstić information content (AvgIpc) is 2.71. The topological polar surface area (TPSA) is 41.1 Å². The number of carbonyl (C=O) groups is 1. The van der Waals surface area contributed by atoms with Gasteiger partial charge in [-0.15, -0.1) is 11.3 Å². The highest BCUT2D eigenvalue weighted by Gasteiger charge is 2.36. The van der Waals surface area contributed by atoms with E-state index in [1.54, 1.807) is 11.3 Å². The number of hydrogen-bond acceptors (Lipinski definition) is 3. The van der Waals surface area contributed by atoms with Crippen molar-refractivity contribution in [3.8, 4) is 0 Å². The Hall–Kier alpha value is -0.870. The van der Waals surface area contributed by atoms with Crippen molar-refractivity contribution in [2.24, 2.45) is 5.41 Å². The van der Waals surface area contributed by atoms with Crippen LogP contribution in [0.4, 0.5) is 0 Å². The molecule has 2 N–H and O–H groups in total. The molecule has 1 amide bonds. The molecule has 0 saturated carbocycles. The number of piperidine rings is 1. The summed E-state index contributed by atoms with van der Waals surface area (Å²) in [5.74, 6) is 0.130. The van der Waals surface area contributed by atoms with Crippen molar-refractivity contribution in [3.63, 3.8) is 0 Å². The number of amides is 1. The lowest BCUT2D eigenvalue weighted by molar-refractivity contribution is -0.126. The van der Waals surface area contributed by atoms with Crippen molar-refractivity contribution < 1.29 is 4.79 Å². The standard InChI is InChI=1S/C14H22N2OS/c1-10-5-6-11(18-10)9-16-13(17)12-14(2,3)7-4-8-15-12/h5-6,12,15H,4,7-9H2,1-3H3,(H,16,17). The number of thiophene rings is 1. The van der Waals surface area contributed by atoms with Crippen molar-refractivity contribution in [2.75, 3.05) is 6.54 Å². The summed E-state index contributed by atoms with van der Waals surface area (Å²) < 4.78 is 0. The molecule has 2 heterocycles. The molecule has 18 heavy (non-hydrogen) atoms. The van der Waals surface area contributed by atoms with E-state index in [-0.39, 0.29) is 17.4 Å². The molecule has 3 nitrogen and oxygen atoms in total. The van der Waals surface area contributed by atoms with Gasteiger partial charge in [0.15, 0.2) is 0 Å². The van der Waals surface area contributed by atoms with Gasteiger partial charge in [0.2, 0.25) is 5.91 Å². The summed E-state index contributed by atoms with van der Waals surface area (Å²) in [5.41, 5.74) is 0.0493. The maximum absolute atomic E-state index is 12.2. The molecule has 100 valence electrons. The van der Waals surface area contributed by atoms with E-state index in [4.69, 9.17) is 0 Å². The van der Waals surface area contributed by atoms with E-state index in [1.165, 1.54) is 9.75 Å². The van der Waals surface area contributed by atoms with E-state index in [9.17, 15) is 4.79 Å². The lowest BCUT2D eigenvalue weighted by Crippen LogP contribution is -2.55. The minimum absolute atomic E-state index is 0.0493. The largest absolute Gasteiger partial charge is 0.350 e. The molecule has 0 spiro atoms. The van der Waals surface area contributed by atoms with Crippen LogP contribution in [0.2, 0.25) is 0 Å². The Morgan fingerprint density at radius 1 is 1.56 bits per heavy atom. The Kier molecular flexibility index (Phi) is 4.07. The first-order valence-corrected chi connectivity index (χ1v) is 7.37. The molecule has 0 radical (unpaired) electrons. The van der Waals surface area contributed by atoms with Gasteiger partial charge in [-0.1, -0.05) is 13.8 Å². The third-order valence-corrected chi connectivity index (χ3v) is 4.62. The van der Waals surface area contributed by atoms with Crippen LogP contribution in [-0.2, 0) is 11.3 Å². The van der Waals surface area contributed by atoms with E-state index in [2.05, 4.69) is 43.5 Å². The Balaban J connectivity index is 1.91. The van der Waals surface area contributed by atoms with E-state index in [1.807, 2.05) is 0 Å². The minimum Gasteiger partial charge on any atom is -0.350 e. The third-order valence-electron chi connectivity index (χ3n) is 3.62. The number of carbonyl (C=O) groups excluding carboxylic acids is 1. The van der Waals surface area contributed by atoms with Crippen LogP contribution in [0.3, 0.4) is 0 Å². The van der Waals surface area contributed by atoms with Crippen LogP contribution in [0.5, 0.6) is 0 Å². The summed E-state index contributed by atoms with van der Waals surface area (Å²) in [5, 5.41) is 6.39. The highest BCUT2D eigenvalue weighted by Crippen LogP contribution is 2.30. The molecule has 0 aromatic carbocycles. The molecule has 1 unspecified atom stereocenters. The third kappa shape index (κ3) is 3.12. The predicted octanol–water partition coefficient (Wildman–Crippen LogP) is 2.45. The zero-order chi connectivity index (χ0) is 13.2. The fourth-order valence-corrected chi connectivity index (χ4v) is 3.35. The Morgan fingerprint density at radius 3 is 2.94 bits per heavy atom. The summed E-state index contributed by atoms with van der Waals surface area (Å²) in [6.45, 7) is 8.00. The van der Waals surface area contributed by atoms with E-state index >= 15 is 0 Å². The van der Waals surface area contributed by atoms with Crippen molar-refractivity contribution in [1.29, 1.82) is 0 Å². The second kappa shape index (κ2) is 5.41. The first-order valence-electron chi connectivity index (χ1n) is 6.55. The Morgan fingerprint density at radius 2 is 2.33 bits per heavy atom.